The molecule has 2 aromatic heterocycles. The van der Waals surface area contributed by atoms with E-state index in [0.717, 1.165) is 24.5 Å². The van der Waals surface area contributed by atoms with E-state index in [1.54, 1.807) is 24.5 Å². The van der Waals surface area contributed by atoms with Crippen molar-refractivity contribution in [1.82, 2.24) is 15.3 Å². The molecule has 1 aliphatic rings. The number of anilines is 1. The molecule has 0 aliphatic carbocycles. The van der Waals surface area contributed by atoms with Gasteiger partial charge in [-0.2, -0.15) is 0 Å². The topological polar surface area (TPSA) is 58.1 Å². The van der Waals surface area contributed by atoms with Gasteiger partial charge in [-0.15, -0.1) is 0 Å². The Morgan fingerprint density at radius 3 is 2.57 bits per heavy atom. The molecule has 5 nitrogen and oxygen atoms in total. The molecular weight excluding hydrogens is 264 g/mol. The molecule has 3 heterocycles. The number of hydrogen-bond donors (Lipinski definition) is 1. The Labute approximate surface area is 124 Å². The first-order valence-electron chi connectivity index (χ1n) is 7.21. The molecule has 1 aliphatic heterocycles. The molecule has 0 saturated carbocycles. The number of hydrogen-bond acceptors (Lipinski definition) is 4. The molecule has 0 atom stereocenters. The van der Waals surface area contributed by atoms with Crippen molar-refractivity contribution >= 4 is 11.7 Å². The third-order valence-electron chi connectivity index (χ3n) is 3.63. The summed E-state index contributed by atoms with van der Waals surface area (Å²) in [6.07, 6.45) is 7.54. The van der Waals surface area contributed by atoms with Gasteiger partial charge in [0.15, 0.2) is 0 Å². The van der Waals surface area contributed by atoms with Crippen LogP contribution in [0.1, 0.15) is 28.8 Å². The van der Waals surface area contributed by atoms with Crippen LogP contribution < -0.4 is 10.2 Å². The number of carbonyl (C=O) groups is 1. The van der Waals surface area contributed by atoms with Crippen LogP contribution >= 0.6 is 0 Å². The fourth-order valence-corrected chi connectivity index (χ4v) is 2.44. The van der Waals surface area contributed by atoms with Crippen LogP contribution in [0.2, 0.25) is 0 Å². The van der Waals surface area contributed by atoms with E-state index in [-0.39, 0.29) is 5.91 Å². The molecule has 3 rings (SSSR count). The normalized spacial score (nSPS) is 14.2. The first kappa shape index (κ1) is 13.5. The van der Waals surface area contributed by atoms with Gasteiger partial charge in [-0.25, -0.2) is 4.98 Å². The number of carbonyl (C=O) groups excluding carboxylic acids is 1. The van der Waals surface area contributed by atoms with Crippen molar-refractivity contribution in [2.24, 2.45) is 0 Å². The maximum absolute atomic E-state index is 11.9. The lowest BCUT2D eigenvalue weighted by Gasteiger charge is -2.16. The van der Waals surface area contributed by atoms with E-state index in [1.807, 2.05) is 18.3 Å². The van der Waals surface area contributed by atoms with Crippen molar-refractivity contribution in [2.45, 2.75) is 19.4 Å². The van der Waals surface area contributed by atoms with E-state index < -0.39 is 0 Å². The summed E-state index contributed by atoms with van der Waals surface area (Å²) in [5.41, 5.74) is 1.62. The summed E-state index contributed by atoms with van der Waals surface area (Å²) >= 11 is 0. The van der Waals surface area contributed by atoms with Crippen molar-refractivity contribution in [3.63, 3.8) is 0 Å². The fourth-order valence-electron chi connectivity index (χ4n) is 2.44. The summed E-state index contributed by atoms with van der Waals surface area (Å²) in [5.74, 6) is 0.928. The third kappa shape index (κ3) is 3.37. The zero-order valence-electron chi connectivity index (χ0n) is 11.8. The van der Waals surface area contributed by atoms with Crippen LogP contribution in [-0.4, -0.2) is 29.0 Å². The Bertz CT molecular complexity index is 591. The predicted molar refractivity (Wildman–Crippen MR) is 81.1 cm³/mol. The molecule has 1 N–H and O–H groups in total. The van der Waals surface area contributed by atoms with E-state index in [1.165, 1.54) is 12.8 Å². The number of aromatic nitrogens is 2. The number of rotatable bonds is 4. The quantitative estimate of drug-likeness (QED) is 0.932. The molecule has 1 fully saturated rings. The molecule has 0 radical (unpaired) electrons. The second kappa shape index (κ2) is 6.35. The second-order valence-corrected chi connectivity index (χ2v) is 5.14. The van der Waals surface area contributed by atoms with Crippen LogP contribution in [0.15, 0.2) is 42.9 Å². The van der Waals surface area contributed by atoms with Crippen molar-refractivity contribution in [2.75, 3.05) is 18.0 Å². The molecule has 1 amide bonds. The molecule has 0 unspecified atom stereocenters. The highest BCUT2D eigenvalue weighted by Crippen LogP contribution is 2.17. The molecule has 5 heteroatoms. The van der Waals surface area contributed by atoms with Crippen LogP contribution in [-0.2, 0) is 6.54 Å². The van der Waals surface area contributed by atoms with Crippen LogP contribution in [0.4, 0.5) is 5.82 Å². The minimum absolute atomic E-state index is 0.0963. The molecule has 1 saturated heterocycles. The second-order valence-electron chi connectivity index (χ2n) is 5.14. The van der Waals surface area contributed by atoms with E-state index in [9.17, 15) is 4.79 Å². The summed E-state index contributed by atoms with van der Waals surface area (Å²) in [5, 5.41) is 2.88. The average molecular weight is 282 g/mol. The van der Waals surface area contributed by atoms with Crippen LogP contribution in [0, 0.1) is 0 Å². The SMILES string of the molecule is O=C(NCc1ccc(N2CCCC2)nc1)c1ccncc1. The molecular formula is C16H18N4O. The Kier molecular flexibility index (Phi) is 4.09. The predicted octanol–water partition coefficient (Wildman–Crippen LogP) is 2.01. The highest BCUT2D eigenvalue weighted by Gasteiger charge is 2.13. The number of nitrogens with one attached hydrogen (secondary N) is 1. The Hall–Kier alpha value is -2.43. The molecule has 0 bridgehead atoms. The minimum atomic E-state index is -0.0963. The summed E-state index contributed by atoms with van der Waals surface area (Å²) in [4.78, 5) is 22.6. The first-order valence-corrected chi connectivity index (χ1v) is 7.21. The lowest BCUT2D eigenvalue weighted by Crippen LogP contribution is -2.23. The number of nitrogens with zero attached hydrogens (tertiary/aromatic N) is 3. The lowest BCUT2D eigenvalue weighted by molar-refractivity contribution is 0.0951. The Morgan fingerprint density at radius 2 is 1.90 bits per heavy atom. The number of amides is 1. The summed E-state index contributed by atoms with van der Waals surface area (Å²) in [6, 6.07) is 7.45. The maximum Gasteiger partial charge on any atom is 0.251 e. The van der Waals surface area contributed by atoms with Gasteiger partial charge in [0.2, 0.25) is 0 Å². The highest BCUT2D eigenvalue weighted by atomic mass is 16.1. The largest absolute Gasteiger partial charge is 0.357 e. The Morgan fingerprint density at radius 1 is 1.14 bits per heavy atom. The smallest absolute Gasteiger partial charge is 0.251 e. The van der Waals surface area contributed by atoms with Crippen LogP contribution in [0.3, 0.4) is 0 Å². The van der Waals surface area contributed by atoms with Gasteiger partial charge in [-0.05, 0) is 36.6 Å². The molecule has 0 aromatic carbocycles. The van der Waals surface area contributed by atoms with E-state index >= 15 is 0 Å². The zero-order valence-corrected chi connectivity index (χ0v) is 11.8. The molecule has 2 aromatic rings. The summed E-state index contributed by atoms with van der Waals surface area (Å²) < 4.78 is 0. The van der Waals surface area contributed by atoms with E-state index in [4.69, 9.17) is 0 Å². The lowest BCUT2D eigenvalue weighted by atomic mass is 10.2. The zero-order chi connectivity index (χ0) is 14.5. The number of pyridine rings is 2. The van der Waals surface area contributed by atoms with Gasteiger partial charge in [-0.3, -0.25) is 9.78 Å². The average Bonchev–Trinajstić information content (AvgIpc) is 3.08. The molecule has 0 spiro atoms. The van der Waals surface area contributed by atoms with Gasteiger partial charge >= 0.3 is 0 Å². The van der Waals surface area contributed by atoms with Crippen molar-refractivity contribution in [3.05, 3.63) is 54.0 Å². The van der Waals surface area contributed by atoms with E-state index in [0.29, 0.717) is 12.1 Å². The summed E-state index contributed by atoms with van der Waals surface area (Å²) in [6.45, 7) is 2.66. The monoisotopic (exact) mass is 282 g/mol. The van der Waals surface area contributed by atoms with E-state index in [2.05, 4.69) is 20.2 Å². The summed E-state index contributed by atoms with van der Waals surface area (Å²) in [7, 11) is 0. The first-order chi connectivity index (χ1) is 10.3. The minimum Gasteiger partial charge on any atom is -0.357 e. The van der Waals surface area contributed by atoms with Gasteiger partial charge in [0, 0.05) is 43.8 Å². The fraction of sp³-hybridized carbons (Fsp3) is 0.312. The highest BCUT2D eigenvalue weighted by molar-refractivity contribution is 5.93. The molecule has 108 valence electrons. The maximum atomic E-state index is 11.9. The van der Waals surface area contributed by atoms with Crippen LogP contribution in [0.25, 0.3) is 0 Å². The van der Waals surface area contributed by atoms with Crippen LogP contribution in [0.5, 0.6) is 0 Å². The van der Waals surface area contributed by atoms with Crippen molar-refractivity contribution in [1.29, 1.82) is 0 Å². The van der Waals surface area contributed by atoms with Crippen molar-refractivity contribution < 1.29 is 4.79 Å². The van der Waals surface area contributed by atoms with Gasteiger partial charge in [0.1, 0.15) is 5.82 Å². The van der Waals surface area contributed by atoms with Gasteiger partial charge in [0.25, 0.3) is 5.91 Å². The van der Waals surface area contributed by atoms with Gasteiger partial charge in [-0.1, -0.05) is 6.07 Å². The third-order valence-corrected chi connectivity index (χ3v) is 3.63. The Balaban J connectivity index is 1.57. The van der Waals surface area contributed by atoms with Crippen molar-refractivity contribution in [3.8, 4) is 0 Å². The van der Waals surface area contributed by atoms with Gasteiger partial charge in [0.05, 0.1) is 0 Å². The van der Waals surface area contributed by atoms with Gasteiger partial charge < -0.3 is 10.2 Å². The standard InChI is InChI=1S/C16H18N4O/c21-16(14-5-7-17-8-6-14)19-12-13-3-4-15(18-11-13)20-9-1-2-10-20/h3-8,11H,1-2,9-10,12H2,(H,19,21). The molecule has 21 heavy (non-hydrogen) atoms.